The fraction of sp³-hybridized carbons (Fsp3) is 0.500. The molecule has 1 aliphatic rings. The molecule has 1 aromatic heterocycles. The number of anilines is 1. The summed E-state index contributed by atoms with van der Waals surface area (Å²) in [4.78, 5) is 23.5. The number of esters is 1. The number of carbonyl (C=O) groups is 2. The van der Waals surface area contributed by atoms with Crippen molar-refractivity contribution in [1.29, 1.82) is 0 Å². The van der Waals surface area contributed by atoms with Gasteiger partial charge in [-0.1, -0.05) is 0 Å². The van der Waals surface area contributed by atoms with E-state index in [1.54, 1.807) is 6.92 Å². The summed E-state index contributed by atoms with van der Waals surface area (Å²) < 4.78 is 30.6. The molecule has 2 N–H and O–H groups in total. The lowest BCUT2D eigenvalue weighted by molar-refractivity contribution is -0.139. The van der Waals surface area contributed by atoms with Gasteiger partial charge in [0.2, 0.25) is 10.0 Å². The molecule has 0 aliphatic heterocycles. The van der Waals surface area contributed by atoms with Gasteiger partial charge < -0.3 is 9.84 Å². The Hall–Kier alpha value is -1.61. The second-order valence-corrected chi connectivity index (χ2v) is 7.36. The standard InChI is InChI=1S/C12H15NO6S2/c1-2-19-9(14)6-21(17,18)13-11-10(12(15)16)7-4-3-5-8(7)20-11/h13H,2-6H2,1H3,(H,15,16). The highest BCUT2D eigenvalue weighted by Gasteiger charge is 2.29. The zero-order chi connectivity index (χ0) is 15.6. The Morgan fingerprint density at radius 2 is 2.10 bits per heavy atom. The summed E-state index contributed by atoms with van der Waals surface area (Å²) in [5.41, 5.74) is 0.696. The van der Waals surface area contributed by atoms with E-state index >= 15 is 0 Å². The maximum absolute atomic E-state index is 11.9. The lowest BCUT2D eigenvalue weighted by Crippen LogP contribution is -2.24. The van der Waals surface area contributed by atoms with Crippen molar-refractivity contribution >= 4 is 38.3 Å². The van der Waals surface area contributed by atoms with Crippen LogP contribution in [0.4, 0.5) is 5.00 Å². The highest BCUT2D eigenvalue weighted by Crippen LogP contribution is 2.39. The predicted molar refractivity (Wildman–Crippen MR) is 77.3 cm³/mol. The molecule has 7 nitrogen and oxygen atoms in total. The first-order valence-corrected chi connectivity index (χ1v) is 8.85. The van der Waals surface area contributed by atoms with E-state index in [4.69, 9.17) is 0 Å². The summed E-state index contributed by atoms with van der Waals surface area (Å²) >= 11 is 1.12. The van der Waals surface area contributed by atoms with Gasteiger partial charge in [0.15, 0.2) is 5.75 Å². The SMILES string of the molecule is CCOC(=O)CS(=O)(=O)Nc1sc2c(c1C(=O)O)CCC2. The topological polar surface area (TPSA) is 110 Å². The largest absolute Gasteiger partial charge is 0.478 e. The number of thiophene rings is 1. The third-order valence-electron chi connectivity index (χ3n) is 3.00. The summed E-state index contributed by atoms with van der Waals surface area (Å²) in [6, 6.07) is 0. The lowest BCUT2D eigenvalue weighted by Gasteiger charge is -2.07. The second-order valence-electron chi connectivity index (χ2n) is 4.53. The highest BCUT2D eigenvalue weighted by molar-refractivity contribution is 7.93. The third-order valence-corrected chi connectivity index (χ3v) is 5.46. The molecular weight excluding hydrogens is 318 g/mol. The van der Waals surface area contributed by atoms with E-state index in [9.17, 15) is 23.1 Å². The highest BCUT2D eigenvalue weighted by atomic mass is 32.2. The zero-order valence-electron chi connectivity index (χ0n) is 11.3. The molecule has 0 spiro atoms. The smallest absolute Gasteiger partial charge is 0.339 e. The van der Waals surface area contributed by atoms with Crippen molar-refractivity contribution in [2.45, 2.75) is 26.2 Å². The summed E-state index contributed by atoms with van der Waals surface area (Å²) in [5, 5.41) is 9.33. The van der Waals surface area contributed by atoms with Crippen LogP contribution in [0.2, 0.25) is 0 Å². The van der Waals surface area contributed by atoms with Gasteiger partial charge in [-0.3, -0.25) is 9.52 Å². The van der Waals surface area contributed by atoms with Crippen LogP contribution in [0.1, 0.15) is 34.1 Å². The van der Waals surface area contributed by atoms with Gasteiger partial charge in [-0.2, -0.15) is 0 Å². The Morgan fingerprint density at radius 3 is 2.71 bits per heavy atom. The van der Waals surface area contributed by atoms with Crippen LogP contribution >= 0.6 is 11.3 Å². The minimum Gasteiger partial charge on any atom is -0.478 e. The molecule has 0 atom stereocenters. The molecule has 116 valence electrons. The summed E-state index contributed by atoms with van der Waals surface area (Å²) in [5.74, 6) is -2.86. The number of aryl methyl sites for hydroxylation is 1. The van der Waals surface area contributed by atoms with Crippen LogP contribution in [-0.4, -0.2) is 37.8 Å². The van der Waals surface area contributed by atoms with Crippen LogP contribution in [-0.2, 0) is 32.4 Å². The fourth-order valence-corrected chi connectivity index (χ4v) is 4.77. The number of hydrogen-bond acceptors (Lipinski definition) is 6. The van der Waals surface area contributed by atoms with Gasteiger partial charge in [-0.25, -0.2) is 13.2 Å². The molecule has 2 rings (SSSR count). The zero-order valence-corrected chi connectivity index (χ0v) is 13.0. The van der Waals surface area contributed by atoms with E-state index in [0.29, 0.717) is 12.0 Å². The number of ether oxygens (including phenoxy) is 1. The van der Waals surface area contributed by atoms with Gasteiger partial charge in [0.25, 0.3) is 0 Å². The van der Waals surface area contributed by atoms with E-state index in [0.717, 1.165) is 29.1 Å². The van der Waals surface area contributed by atoms with Crippen LogP contribution in [0, 0.1) is 0 Å². The minimum absolute atomic E-state index is 0.0000612. The average Bonchev–Trinajstić information content (AvgIpc) is 2.86. The van der Waals surface area contributed by atoms with Gasteiger partial charge in [-0.05, 0) is 31.7 Å². The quantitative estimate of drug-likeness (QED) is 0.758. The minimum atomic E-state index is -3.98. The monoisotopic (exact) mass is 333 g/mol. The van der Waals surface area contributed by atoms with Crippen LogP contribution in [0.25, 0.3) is 0 Å². The first-order chi connectivity index (χ1) is 9.84. The molecule has 1 heterocycles. The molecule has 0 amide bonds. The van der Waals surface area contributed by atoms with Crippen LogP contribution in [0.5, 0.6) is 0 Å². The molecule has 1 aromatic rings. The summed E-state index contributed by atoms with van der Waals surface area (Å²) in [6.45, 7) is 1.66. The number of carboxylic acid groups (broad SMARTS) is 1. The van der Waals surface area contributed by atoms with E-state index in [-0.39, 0.29) is 17.2 Å². The number of carbonyl (C=O) groups excluding carboxylic acids is 1. The first-order valence-electron chi connectivity index (χ1n) is 6.38. The van der Waals surface area contributed by atoms with E-state index in [1.807, 2.05) is 0 Å². The molecule has 0 radical (unpaired) electrons. The van der Waals surface area contributed by atoms with Crippen molar-refractivity contribution < 1.29 is 27.9 Å². The predicted octanol–water partition coefficient (Wildman–Crippen LogP) is 1.24. The van der Waals surface area contributed by atoms with Gasteiger partial charge in [0.05, 0.1) is 12.2 Å². The molecule has 0 unspecified atom stereocenters. The molecule has 0 bridgehead atoms. The Bertz CT molecular complexity index is 676. The molecule has 1 aliphatic carbocycles. The molecule has 0 fully saturated rings. The summed E-state index contributed by atoms with van der Waals surface area (Å²) in [6.07, 6.45) is 2.25. The van der Waals surface area contributed by atoms with Crippen molar-refractivity contribution in [3.8, 4) is 0 Å². The number of sulfonamides is 1. The maximum Gasteiger partial charge on any atom is 0.339 e. The lowest BCUT2D eigenvalue weighted by atomic mass is 10.1. The van der Waals surface area contributed by atoms with E-state index < -0.39 is 27.7 Å². The summed E-state index contributed by atoms with van der Waals surface area (Å²) in [7, 11) is -3.98. The third kappa shape index (κ3) is 3.53. The van der Waals surface area contributed by atoms with E-state index in [2.05, 4.69) is 9.46 Å². The van der Waals surface area contributed by atoms with Crippen LogP contribution in [0.15, 0.2) is 0 Å². The second kappa shape index (κ2) is 6.02. The van der Waals surface area contributed by atoms with Gasteiger partial charge in [-0.15, -0.1) is 11.3 Å². The molecular formula is C12H15NO6S2. The normalized spacial score (nSPS) is 13.8. The Kier molecular flexibility index (Phi) is 4.52. The van der Waals surface area contributed by atoms with E-state index in [1.165, 1.54) is 0 Å². The Morgan fingerprint density at radius 1 is 1.38 bits per heavy atom. The van der Waals surface area contributed by atoms with Crippen molar-refractivity contribution in [1.82, 2.24) is 0 Å². The molecule has 21 heavy (non-hydrogen) atoms. The van der Waals surface area contributed by atoms with Crippen LogP contribution < -0.4 is 4.72 Å². The average molecular weight is 333 g/mol. The van der Waals surface area contributed by atoms with Crippen molar-refractivity contribution in [3.63, 3.8) is 0 Å². The number of fused-ring (bicyclic) bond motifs is 1. The maximum atomic E-state index is 11.9. The van der Waals surface area contributed by atoms with Crippen LogP contribution in [0.3, 0.4) is 0 Å². The van der Waals surface area contributed by atoms with Gasteiger partial charge in [0.1, 0.15) is 5.00 Å². The molecule has 0 saturated heterocycles. The van der Waals surface area contributed by atoms with Gasteiger partial charge >= 0.3 is 11.9 Å². The fourth-order valence-electron chi connectivity index (χ4n) is 2.24. The molecule has 0 saturated carbocycles. The molecule has 0 aromatic carbocycles. The molecule has 9 heteroatoms. The Labute approximate surface area is 126 Å². The number of rotatable bonds is 6. The number of carboxylic acids is 1. The number of nitrogens with one attached hydrogen (secondary N) is 1. The van der Waals surface area contributed by atoms with Crippen molar-refractivity contribution in [2.75, 3.05) is 17.1 Å². The van der Waals surface area contributed by atoms with Crippen molar-refractivity contribution in [2.24, 2.45) is 0 Å². The number of hydrogen-bond donors (Lipinski definition) is 2. The van der Waals surface area contributed by atoms with Crippen molar-refractivity contribution in [3.05, 3.63) is 16.0 Å². The number of aromatic carboxylic acids is 1. The van der Waals surface area contributed by atoms with Gasteiger partial charge in [0, 0.05) is 4.88 Å². The Balaban J connectivity index is 2.24. The first kappa shape index (κ1) is 15.8.